The van der Waals surface area contributed by atoms with Gasteiger partial charge in [0.05, 0.1) is 13.2 Å². The number of hydrogen-bond donors (Lipinski definition) is 1. The summed E-state index contributed by atoms with van der Waals surface area (Å²) in [7, 11) is -3.40. The summed E-state index contributed by atoms with van der Waals surface area (Å²) in [4.78, 5) is 0. The fourth-order valence-electron chi connectivity index (χ4n) is 1.86. The first kappa shape index (κ1) is 16.2. The number of rotatable bonds is 7. The van der Waals surface area contributed by atoms with Crippen molar-refractivity contribution >= 4 is 21.8 Å². The second-order valence-electron chi connectivity index (χ2n) is 4.68. The number of halogens is 1. The fraction of sp³-hybridized carbons (Fsp3) is 1.00. The molecule has 0 aliphatic carbocycles. The Morgan fingerprint density at radius 2 is 1.83 bits per heavy atom. The first-order chi connectivity index (χ1) is 8.49. The highest BCUT2D eigenvalue weighted by molar-refractivity contribution is 7.87. The summed E-state index contributed by atoms with van der Waals surface area (Å²) in [5, 5.41) is 0. The molecule has 1 heterocycles. The normalized spacial score (nSPS) is 19.1. The van der Waals surface area contributed by atoms with Crippen LogP contribution < -0.4 is 4.72 Å². The van der Waals surface area contributed by atoms with Gasteiger partial charge in [0, 0.05) is 25.5 Å². The second kappa shape index (κ2) is 7.05. The Morgan fingerprint density at radius 3 is 2.28 bits per heavy atom. The molecule has 1 rings (SSSR count). The van der Waals surface area contributed by atoms with E-state index in [1.807, 2.05) is 13.8 Å². The highest BCUT2D eigenvalue weighted by Crippen LogP contribution is 2.27. The van der Waals surface area contributed by atoms with Crippen molar-refractivity contribution in [3.05, 3.63) is 0 Å². The third-order valence-corrected chi connectivity index (χ3v) is 5.84. The standard InChI is InChI=1S/C11H23ClN2O3S/c1-3-11(4-2,9-12)10-13-18(15,16)14-5-7-17-8-6-14/h13H,3-10H2,1-2H3. The van der Waals surface area contributed by atoms with Gasteiger partial charge in [-0.3, -0.25) is 0 Å². The van der Waals surface area contributed by atoms with E-state index in [1.54, 1.807) is 0 Å². The lowest BCUT2D eigenvalue weighted by Crippen LogP contribution is -2.49. The van der Waals surface area contributed by atoms with E-state index in [9.17, 15) is 8.42 Å². The molecule has 1 fully saturated rings. The summed E-state index contributed by atoms with van der Waals surface area (Å²) in [6, 6.07) is 0. The van der Waals surface area contributed by atoms with Crippen LogP contribution in [0.1, 0.15) is 26.7 Å². The topological polar surface area (TPSA) is 58.6 Å². The molecule has 0 radical (unpaired) electrons. The minimum atomic E-state index is -3.40. The van der Waals surface area contributed by atoms with Crippen LogP contribution >= 0.6 is 11.6 Å². The number of ether oxygens (including phenoxy) is 1. The molecular weight excluding hydrogens is 276 g/mol. The van der Waals surface area contributed by atoms with Crippen molar-refractivity contribution in [3.63, 3.8) is 0 Å². The molecule has 1 aliphatic rings. The van der Waals surface area contributed by atoms with Crippen molar-refractivity contribution in [1.82, 2.24) is 9.03 Å². The zero-order valence-electron chi connectivity index (χ0n) is 11.1. The molecule has 1 aliphatic heterocycles. The maximum Gasteiger partial charge on any atom is 0.279 e. The van der Waals surface area contributed by atoms with Crippen LogP contribution in [-0.4, -0.2) is 51.5 Å². The first-order valence-electron chi connectivity index (χ1n) is 6.38. The molecule has 0 amide bonds. The van der Waals surface area contributed by atoms with Crippen molar-refractivity contribution in [2.75, 3.05) is 38.7 Å². The molecular formula is C11H23ClN2O3S. The average molecular weight is 299 g/mol. The van der Waals surface area contributed by atoms with E-state index in [2.05, 4.69) is 4.72 Å². The Hall–Kier alpha value is 0.120. The Balaban J connectivity index is 2.59. The first-order valence-corrected chi connectivity index (χ1v) is 8.35. The van der Waals surface area contributed by atoms with Gasteiger partial charge in [0.15, 0.2) is 0 Å². The number of nitrogens with zero attached hydrogens (tertiary/aromatic N) is 1. The van der Waals surface area contributed by atoms with Gasteiger partial charge in [0.25, 0.3) is 10.2 Å². The summed E-state index contributed by atoms with van der Waals surface area (Å²) in [6.07, 6.45) is 1.72. The lowest BCUT2D eigenvalue weighted by Gasteiger charge is -2.32. The molecule has 0 aromatic heterocycles. The molecule has 1 N–H and O–H groups in total. The van der Waals surface area contributed by atoms with E-state index in [1.165, 1.54) is 4.31 Å². The van der Waals surface area contributed by atoms with E-state index in [0.29, 0.717) is 38.7 Å². The third kappa shape index (κ3) is 4.06. The zero-order chi connectivity index (χ0) is 13.6. The minimum Gasteiger partial charge on any atom is -0.379 e. The number of alkyl halides is 1. The number of morpholine rings is 1. The van der Waals surface area contributed by atoms with Crippen LogP contribution in [0.2, 0.25) is 0 Å². The summed E-state index contributed by atoms with van der Waals surface area (Å²) >= 11 is 5.97. The van der Waals surface area contributed by atoms with Gasteiger partial charge in [-0.15, -0.1) is 11.6 Å². The molecule has 0 bridgehead atoms. The van der Waals surface area contributed by atoms with E-state index < -0.39 is 10.2 Å². The van der Waals surface area contributed by atoms with Crippen molar-refractivity contribution in [2.45, 2.75) is 26.7 Å². The monoisotopic (exact) mass is 298 g/mol. The quantitative estimate of drug-likeness (QED) is 0.719. The summed E-state index contributed by atoms with van der Waals surface area (Å²) in [5.74, 6) is 0.464. The van der Waals surface area contributed by atoms with Crippen molar-refractivity contribution in [2.24, 2.45) is 5.41 Å². The molecule has 5 nitrogen and oxygen atoms in total. The molecule has 0 saturated carbocycles. The molecule has 0 atom stereocenters. The lowest BCUT2D eigenvalue weighted by atomic mass is 9.85. The van der Waals surface area contributed by atoms with Gasteiger partial charge in [-0.2, -0.15) is 12.7 Å². The smallest absolute Gasteiger partial charge is 0.279 e. The largest absolute Gasteiger partial charge is 0.379 e. The summed E-state index contributed by atoms with van der Waals surface area (Å²) in [6.45, 7) is 6.22. The van der Waals surface area contributed by atoms with Gasteiger partial charge in [-0.25, -0.2) is 4.72 Å². The van der Waals surface area contributed by atoms with E-state index >= 15 is 0 Å². The maximum atomic E-state index is 12.1. The Labute approximate surface area is 115 Å². The Morgan fingerprint density at radius 1 is 1.28 bits per heavy atom. The molecule has 0 aromatic carbocycles. The Kier molecular flexibility index (Phi) is 6.34. The van der Waals surface area contributed by atoms with Gasteiger partial charge < -0.3 is 4.74 Å². The summed E-state index contributed by atoms with van der Waals surface area (Å²) < 4.78 is 33.5. The van der Waals surface area contributed by atoms with Gasteiger partial charge >= 0.3 is 0 Å². The van der Waals surface area contributed by atoms with Crippen molar-refractivity contribution < 1.29 is 13.2 Å². The minimum absolute atomic E-state index is 0.152. The van der Waals surface area contributed by atoms with Crippen LogP contribution in [0.5, 0.6) is 0 Å². The number of hydrogen-bond acceptors (Lipinski definition) is 3. The second-order valence-corrected chi connectivity index (χ2v) is 6.70. The molecule has 7 heteroatoms. The van der Waals surface area contributed by atoms with Gasteiger partial charge in [0.2, 0.25) is 0 Å². The SMILES string of the molecule is CCC(CC)(CCl)CNS(=O)(=O)N1CCOCC1. The Bertz CT molecular complexity index is 330. The maximum absolute atomic E-state index is 12.1. The predicted octanol–water partition coefficient (Wildman–Crippen LogP) is 1.20. The van der Waals surface area contributed by atoms with Crippen LogP contribution in [0.15, 0.2) is 0 Å². The van der Waals surface area contributed by atoms with Crippen LogP contribution in [0.4, 0.5) is 0 Å². The molecule has 0 spiro atoms. The van der Waals surface area contributed by atoms with Gasteiger partial charge in [0.1, 0.15) is 0 Å². The zero-order valence-corrected chi connectivity index (χ0v) is 12.7. The molecule has 18 heavy (non-hydrogen) atoms. The van der Waals surface area contributed by atoms with E-state index in [0.717, 1.165) is 12.8 Å². The molecule has 108 valence electrons. The lowest BCUT2D eigenvalue weighted by molar-refractivity contribution is 0.0723. The number of nitrogens with one attached hydrogen (secondary N) is 1. The summed E-state index contributed by atoms with van der Waals surface area (Å²) in [5.41, 5.74) is -0.152. The van der Waals surface area contributed by atoms with Crippen molar-refractivity contribution in [1.29, 1.82) is 0 Å². The van der Waals surface area contributed by atoms with Gasteiger partial charge in [-0.1, -0.05) is 13.8 Å². The van der Waals surface area contributed by atoms with Crippen LogP contribution in [0, 0.1) is 5.41 Å². The molecule has 1 saturated heterocycles. The van der Waals surface area contributed by atoms with E-state index in [-0.39, 0.29) is 5.41 Å². The molecule has 0 aromatic rings. The van der Waals surface area contributed by atoms with Crippen LogP contribution in [-0.2, 0) is 14.9 Å². The average Bonchev–Trinajstić information content (AvgIpc) is 2.42. The highest BCUT2D eigenvalue weighted by atomic mass is 35.5. The molecule has 0 unspecified atom stereocenters. The highest BCUT2D eigenvalue weighted by Gasteiger charge is 2.30. The van der Waals surface area contributed by atoms with Gasteiger partial charge in [-0.05, 0) is 18.3 Å². The van der Waals surface area contributed by atoms with Crippen LogP contribution in [0.3, 0.4) is 0 Å². The fourth-order valence-corrected chi connectivity index (χ4v) is 3.63. The predicted molar refractivity (Wildman–Crippen MR) is 73.0 cm³/mol. The van der Waals surface area contributed by atoms with Crippen molar-refractivity contribution in [3.8, 4) is 0 Å². The van der Waals surface area contributed by atoms with E-state index in [4.69, 9.17) is 16.3 Å². The van der Waals surface area contributed by atoms with Crippen LogP contribution in [0.25, 0.3) is 0 Å². The third-order valence-electron chi connectivity index (χ3n) is 3.72.